The topological polar surface area (TPSA) is 29.3 Å². The summed E-state index contributed by atoms with van der Waals surface area (Å²) in [5.74, 6) is 2.73. The highest BCUT2D eigenvalue weighted by Gasteiger charge is 2.14. The Morgan fingerprint density at radius 2 is 2.41 bits per heavy atom. The van der Waals surface area contributed by atoms with Crippen molar-refractivity contribution in [2.75, 3.05) is 6.54 Å². The third kappa shape index (κ3) is 2.48. The van der Waals surface area contributed by atoms with Gasteiger partial charge in [0, 0.05) is 24.2 Å². The number of hydrogen-bond donors (Lipinski definition) is 1. The minimum Gasteiger partial charge on any atom is -0.309 e. The molecule has 17 heavy (non-hydrogen) atoms. The molecule has 0 saturated heterocycles. The van der Waals surface area contributed by atoms with Crippen LogP contribution in [0.4, 0.5) is 0 Å². The quantitative estimate of drug-likeness (QED) is 0.795. The fraction of sp³-hybridized carbons (Fsp3) is 0.357. The van der Waals surface area contributed by atoms with Crippen LogP contribution in [0.25, 0.3) is 5.52 Å². The molecule has 0 aromatic carbocycles. The van der Waals surface area contributed by atoms with Crippen LogP contribution in [0.1, 0.15) is 31.4 Å². The number of aromatic nitrogens is 2. The van der Waals surface area contributed by atoms with Crippen LogP contribution in [0.15, 0.2) is 30.6 Å². The lowest BCUT2D eigenvalue weighted by molar-refractivity contribution is 0.545. The summed E-state index contributed by atoms with van der Waals surface area (Å²) in [6, 6.07) is 6.26. The van der Waals surface area contributed by atoms with Gasteiger partial charge in [0.1, 0.15) is 0 Å². The monoisotopic (exact) mass is 227 g/mol. The number of terminal acetylenes is 1. The molecular formula is C14H17N3. The molecule has 2 rings (SSSR count). The van der Waals surface area contributed by atoms with Crippen molar-refractivity contribution in [2.45, 2.75) is 25.8 Å². The van der Waals surface area contributed by atoms with E-state index in [0.717, 1.165) is 18.5 Å². The first-order valence-corrected chi connectivity index (χ1v) is 5.96. The maximum Gasteiger partial charge on any atom is 0.0709 e. The van der Waals surface area contributed by atoms with Gasteiger partial charge in [-0.3, -0.25) is 0 Å². The lowest BCUT2D eigenvalue weighted by atomic mass is 10.1. The maximum atomic E-state index is 5.43. The van der Waals surface area contributed by atoms with Gasteiger partial charge in [0.15, 0.2) is 0 Å². The average molecular weight is 227 g/mol. The zero-order valence-electron chi connectivity index (χ0n) is 10.1. The van der Waals surface area contributed by atoms with E-state index in [1.807, 2.05) is 29.0 Å². The van der Waals surface area contributed by atoms with Crippen molar-refractivity contribution in [3.05, 3.63) is 36.2 Å². The fourth-order valence-electron chi connectivity index (χ4n) is 1.95. The van der Waals surface area contributed by atoms with Crippen LogP contribution in [0, 0.1) is 12.3 Å². The Bertz CT molecular complexity index is 521. The van der Waals surface area contributed by atoms with Crippen molar-refractivity contribution in [3.63, 3.8) is 0 Å². The lowest BCUT2D eigenvalue weighted by Crippen LogP contribution is -2.21. The van der Waals surface area contributed by atoms with Crippen molar-refractivity contribution < 1.29 is 0 Å². The predicted octanol–water partition coefficient (Wildman–Crippen LogP) is 2.40. The lowest BCUT2D eigenvalue weighted by Gasteiger charge is -2.14. The van der Waals surface area contributed by atoms with E-state index in [-0.39, 0.29) is 6.04 Å². The normalized spacial score (nSPS) is 12.5. The van der Waals surface area contributed by atoms with Gasteiger partial charge >= 0.3 is 0 Å². The maximum absolute atomic E-state index is 5.43. The molecule has 0 spiro atoms. The summed E-state index contributed by atoms with van der Waals surface area (Å²) in [6.07, 6.45) is 11.1. The van der Waals surface area contributed by atoms with Crippen LogP contribution < -0.4 is 5.32 Å². The van der Waals surface area contributed by atoms with E-state index in [9.17, 15) is 0 Å². The highest BCUT2D eigenvalue weighted by Crippen LogP contribution is 2.21. The van der Waals surface area contributed by atoms with Crippen molar-refractivity contribution in [1.29, 1.82) is 0 Å². The average Bonchev–Trinajstić information content (AvgIpc) is 2.78. The molecule has 1 N–H and O–H groups in total. The Hall–Kier alpha value is -1.79. The molecule has 1 unspecified atom stereocenters. The minimum atomic E-state index is 0.194. The molecule has 0 fully saturated rings. The summed E-state index contributed by atoms with van der Waals surface area (Å²) in [4.78, 5) is 0. The Balaban J connectivity index is 2.31. The van der Waals surface area contributed by atoms with E-state index in [0.29, 0.717) is 6.42 Å². The van der Waals surface area contributed by atoms with Gasteiger partial charge in [-0.25, -0.2) is 4.52 Å². The van der Waals surface area contributed by atoms with E-state index in [1.165, 1.54) is 5.56 Å². The number of pyridine rings is 1. The van der Waals surface area contributed by atoms with Crippen LogP contribution >= 0.6 is 0 Å². The number of nitrogens with one attached hydrogen (secondary N) is 1. The number of fused-ring (bicyclic) bond motifs is 1. The first-order chi connectivity index (χ1) is 8.36. The summed E-state index contributed by atoms with van der Waals surface area (Å²) in [7, 11) is 0. The number of rotatable bonds is 5. The van der Waals surface area contributed by atoms with Crippen molar-refractivity contribution in [3.8, 4) is 12.3 Å². The van der Waals surface area contributed by atoms with Crippen molar-refractivity contribution in [1.82, 2.24) is 14.9 Å². The molecular weight excluding hydrogens is 210 g/mol. The second-order valence-electron chi connectivity index (χ2n) is 4.05. The van der Waals surface area contributed by atoms with Gasteiger partial charge < -0.3 is 5.32 Å². The first-order valence-electron chi connectivity index (χ1n) is 5.96. The second-order valence-corrected chi connectivity index (χ2v) is 4.05. The van der Waals surface area contributed by atoms with Crippen LogP contribution in [-0.4, -0.2) is 16.2 Å². The molecule has 2 aromatic rings. The largest absolute Gasteiger partial charge is 0.309 e. The molecule has 0 amide bonds. The van der Waals surface area contributed by atoms with Gasteiger partial charge in [-0.15, -0.1) is 12.3 Å². The first kappa shape index (κ1) is 11.7. The van der Waals surface area contributed by atoms with E-state index >= 15 is 0 Å². The van der Waals surface area contributed by atoms with E-state index in [1.54, 1.807) is 0 Å². The zero-order valence-corrected chi connectivity index (χ0v) is 10.1. The van der Waals surface area contributed by atoms with E-state index < -0.39 is 0 Å². The molecule has 3 nitrogen and oxygen atoms in total. The highest BCUT2D eigenvalue weighted by atomic mass is 15.2. The molecule has 0 bridgehead atoms. The molecule has 2 aromatic heterocycles. The molecule has 1 atom stereocenters. The number of hydrogen-bond acceptors (Lipinski definition) is 2. The summed E-state index contributed by atoms with van der Waals surface area (Å²) in [5, 5.41) is 7.81. The van der Waals surface area contributed by atoms with Gasteiger partial charge in [-0.1, -0.05) is 13.0 Å². The SMILES string of the molecule is C#CCC(NCCC)c1cnn2ccccc12. The molecule has 0 aliphatic heterocycles. The van der Waals surface area contributed by atoms with Crippen LogP contribution in [0.3, 0.4) is 0 Å². The zero-order chi connectivity index (χ0) is 12.1. The number of nitrogens with zero attached hydrogens (tertiary/aromatic N) is 2. The van der Waals surface area contributed by atoms with Gasteiger partial charge in [-0.2, -0.15) is 5.10 Å². The minimum absolute atomic E-state index is 0.194. The molecule has 0 saturated carbocycles. The Labute approximate surface area is 102 Å². The third-order valence-electron chi connectivity index (χ3n) is 2.79. The summed E-state index contributed by atoms with van der Waals surface area (Å²) in [6.45, 7) is 3.12. The van der Waals surface area contributed by atoms with Crippen molar-refractivity contribution in [2.24, 2.45) is 0 Å². The Morgan fingerprint density at radius 1 is 1.53 bits per heavy atom. The van der Waals surface area contributed by atoms with Gasteiger partial charge in [-0.05, 0) is 25.1 Å². The third-order valence-corrected chi connectivity index (χ3v) is 2.79. The highest BCUT2D eigenvalue weighted by molar-refractivity contribution is 5.55. The van der Waals surface area contributed by atoms with E-state index in [4.69, 9.17) is 6.42 Å². The molecule has 0 aliphatic rings. The van der Waals surface area contributed by atoms with Crippen molar-refractivity contribution >= 4 is 5.52 Å². The summed E-state index contributed by atoms with van der Waals surface area (Å²) < 4.78 is 1.88. The standard InChI is InChI=1S/C14H17N3/c1-3-7-13(15-9-4-2)12-11-16-17-10-6-5-8-14(12)17/h1,5-6,8,10-11,13,15H,4,7,9H2,2H3. The van der Waals surface area contributed by atoms with Gasteiger partial charge in [0.25, 0.3) is 0 Å². The summed E-state index contributed by atoms with van der Waals surface area (Å²) >= 11 is 0. The Morgan fingerprint density at radius 3 is 3.18 bits per heavy atom. The molecule has 88 valence electrons. The van der Waals surface area contributed by atoms with Gasteiger partial charge in [0.2, 0.25) is 0 Å². The summed E-state index contributed by atoms with van der Waals surface area (Å²) in [5.41, 5.74) is 2.30. The smallest absolute Gasteiger partial charge is 0.0709 e. The fourth-order valence-corrected chi connectivity index (χ4v) is 1.95. The van der Waals surface area contributed by atoms with Crippen LogP contribution in [0.5, 0.6) is 0 Å². The molecule has 3 heteroatoms. The predicted molar refractivity (Wildman–Crippen MR) is 69.7 cm³/mol. The molecule has 0 aliphatic carbocycles. The van der Waals surface area contributed by atoms with E-state index in [2.05, 4.69) is 29.3 Å². The van der Waals surface area contributed by atoms with Crippen LogP contribution in [0.2, 0.25) is 0 Å². The second kappa shape index (κ2) is 5.51. The molecule has 2 heterocycles. The van der Waals surface area contributed by atoms with Crippen LogP contribution in [-0.2, 0) is 0 Å². The molecule has 0 radical (unpaired) electrons. The Kier molecular flexibility index (Phi) is 3.79. The van der Waals surface area contributed by atoms with Gasteiger partial charge in [0.05, 0.1) is 11.7 Å².